The largest absolute Gasteiger partial charge is 0.384 e. The molecule has 0 spiro atoms. The molecule has 0 heterocycles. The SMILES string of the molecule is C#CC=C1C(=C)C(NCCC(/C=C(\C=C)CN)=C(\F)CC)=C1C. The highest BCUT2D eigenvalue weighted by Gasteiger charge is 2.23. The lowest BCUT2D eigenvalue weighted by Gasteiger charge is -2.28. The Bertz CT molecular complexity index is 652. The number of hydrogen-bond donors (Lipinski definition) is 2. The average molecular weight is 312 g/mol. The van der Waals surface area contributed by atoms with Gasteiger partial charge in [-0.3, -0.25) is 0 Å². The van der Waals surface area contributed by atoms with E-state index < -0.39 is 0 Å². The fourth-order valence-electron chi connectivity index (χ4n) is 2.44. The summed E-state index contributed by atoms with van der Waals surface area (Å²) in [6.07, 6.45) is 11.4. The van der Waals surface area contributed by atoms with E-state index in [0.29, 0.717) is 31.5 Å². The molecule has 0 fully saturated rings. The number of terminal acetylenes is 1. The maximum absolute atomic E-state index is 14.0. The summed E-state index contributed by atoms with van der Waals surface area (Å²) in [6.45, 7) is 12.5. The number of rotatable bonds is 8. The van der Waals surface area contributed by atoms with E-state index in [-0.39, 0.29) is 5.83 Å². The highest BCUT2D eigenvalue weighted by molar-refractivity contribution is 5.68. The highest BCUT2D eigenvalue weighted by atomic mass is 19.1. The molecule has 3 N–H and O–H groups in total. The number of hydrogen-bond acceptors (Lipinski definition) is 2. The van der Waals surface area contributed by atoms with Crippen molar-refractivity contribution in [1.82, 2.24) is 5.32 Å². The van der Waals surface area contributed by atoms with Gasteiger partial charge in [-0.2, -0.15) is 0 Å². The third-order valence-corrected chi connectivity index (χ3v) is 3.85. The van der Waals surface area contributed by atoms with Crippen LogP contribution < -0.4 is 11.1 Å². The zero-order chi connectivity index (χ0) is 17.4. The first-order valence-corrected chi connectivity index (χ1v) is 7.71. The molecule has 1 rings (SSSR count). The van der Waals surface area contributed by atoms with E-state index in [1.165, 1.54) is 0 Å². The number of nitrogens with one attached hydrogen (secondary N) is 1. The Morgan fingerprint density at radius 2 is 2.17 bits per heavy atom. The number of halogens is 1. The van der Waals surface area contributed by atoms with Gasteiger partial charge in [0.05, 0.1) is 0 Å². The molecule has 2 nitrogen and oxygen atoms in total. The van der Waals surface area contributed by atoms with E-state index in [4.69, 9.17) is 12.2 Å². The zero-order valence-corrected chi connectivity index (χ0v) is 14.0. The Labute approximate surface area is 139 Å². The third-order valence-electron chi connectivity index (χ3n) is 3.85. The van der Waals surface area contributed by atoms with E-state index in [9.17, 15) is 4.39 Å². The molecular formula is C20H25FN2. The maximum Gasteiger partial charge on any atom is 0.103 e. The maximum atomic E-state index is 14.0. The van der Waals surface area contributed by atoms with Crippen LogP contribution in [-0.2, 0) is 0 Å². The van der Waals surface area contributed by atoms with Gasteiger partial charge in [-0.25, -0.2) is 4.39 Å². The van der Waals surface area contributed by atoms with Crippen LogP contribution in [0.4, 0.5) is 4.39 Å². The normalized spacial score (nSPS) is 17.6. The summed E-state index contributed by atoms with van der Waals surface area (Å²) < 4.78 is 14.0. The highest BCUT2D eigenvalue weighted by Crippen LogP contribution is 2.36. The topological polar surface area (TPSA) is 38.0 Å². The second-order valence-electron chi connectivity index (χ2n) is 5.29. The Hall–Kier alpha value is -2.31. The van der Waals surface area contributed by atoms with Crippen LogP contribution in [0, 0.1) is 12.3 Å². The minimum absolute atomic E-state index is 0.120. The molecule has 0 aromatic heterocycles. The fraction of sp³-hybridized carbons (Fsp3) is 0.300. The molecule has 1 aliphatic carbocycles. The van der Waals surface area contributed by atoms with Crippen molar-refractivity contribution in [3.05, 3.63) is 70.8 Å². The fourth-order valence-corrected chi connectivity index (χ4v) is 2.44. The first-order valence-electron chi connectivity index (χ1n) is 7.71. The van der Waals surface area contributed by atoms with Gasteiger partial charge in [0.2, 0.25) is 0 Å². The predicted molar refractivity (Wildman–Crippen MR) is 97.1 cm³/mol. The summed E-state index contributed by atoms with van der Waals surface area (Å²) in [5.74, 6) is 2.39. The van der Waals surface area contributed by atoms with Gasteiger partial charge in [0.25, 0.3) is 0 Å². The van der Waals surface area contributed by atoms with Gasteiger partial charge in [-0.15, -0.1) is 6.42 Å². The molecule has 0 saturated heterocycles. The van der Waals surface area contributed by atoms with Gasteiger partial charge in [0.1, 0.15) is 5.83 Å². The summed E-state index contributed by atoms with van der Waals surface area (Å²) in [7, 11) is 0. The second-order valence-corrected chi connectivity index (χ2v) is 5.29. The van der Waals surface area contributed by atoms with Crippen molar-refractivity contribution < 1.29 is 4.39 Å². The van der Waals surface area contributed by atoms with E-state index in [2.05, 4.69) is 24.4 Å². The molecule has 122 valence electrons. The lowest BCUT2D eigenvalue weighted by molar-refractivity contribution is 0.586. The van der Waals surface area contributed by atoms with Crippen molar-refractivity contribution in [2.75, 3.05) is 13.1 Å². The minimum atomic E-state index is -0.120. The van der Waals surface area contributed by atoms with Crippen molar-refractivity contribution in [2.45, 2.75) is 26.7 Å². The quantitative estimate of drug-likeness (QED) is 0.523. The van der Waals surface area contributed by atoms with E-state index >= 15 is 0 Å². The van der Waals surface area contributed by atoms with Crippen LogP contribution in [0.25, 0.3) is 0 Å². The molecule has 1 aliphatic rings. The Kier molecular flexibility index (Phi) is 7.31. The standard InChI is InChI=1S/C20H25FN2/c1-6-9-18-14(4)20(15(18)5)23-11-10-17(19(21)8-3)12-16(7-2)13-22/h1,7,9,12,23H,2,4,8,10-11,13,22H2,3,5H3/b16-12+,18-9?,19-17+. The van der Waals surface area contributed by atoms with Crippen LogP contribution in [0.3, 0.4) is 0 Å². The number of allylic oxidation sites excluding steroid dienone is 5. The van der Waals surface area contributed by atoms with E-state index in [0.717, 1.165) is 28.0 Å². The van der Waals surface area contributed by atoms with Gasteiger partial charge >= 0.3 is 0 Å². The van der Waals surface area contributed by atoms with Gasteiger partial charge < -0.3 is 11.1 Å². The van der Waals surface area contributed by atoms with Crippen molar-refractivity contribution in [3.8, 4) is 12.3 Å². The lowest BCUT2D eigenvalue weighted by atomic mass is 9.83. The summed E-state index contributed by atoms with van der Waals surface area (Å²) in [5, 5.41) is 3.31. The van der Waals surface area contributed by atoms with E-state index in [1.54, 1.807) is 25.2 Å². The van der Waals surface area contributed by atoms with Gasteiger partial charge in [-0.05, 0) is 53.7 Å². The monoisotopic (exact) mass is 312 g/mol. The molecule has 0 saturated carbocycles. The average Bonchev–Trinajstić information content (AvgIpc) is 2.58. The summed E-state index contributed by atoms with van der Waals surface area (Å²) in [6, 6.07) is 0. The van der Waals surface area contributed by atoms with Gasteiger partial charge in [0.15, 0.2) is 0 Å². The van der Waals surface area contributed by atoms with Crippen molar-refractivity contribution in [2.24, 2.45) is 5.73 Å². The smallest absolute Gasteiger partial charge is 0.103 e. The molecule has 0 unspecified atom stereocenters. The zero-order valence-electron chi connectivity index (χ0n) is 14.0. The summed E-state index contributed by atoms with van der Waals surface area (Å²) >= 11 is 0. The van der Waals surface area contributed by atoms with Crippen LogP contribution >= 0.6 is 0 Å². The summed E-state index contributed by atoms with van der Waals surface area (Å²) in [4.78, 5) is 0. The van der Waals surface area contributed by atoms with Crippen LogP contribution in [0.5, 0.6) is 0 Å². The molecule has 0 radical (unpaired) electrons. The molecular weight excluding hydrogens is 287 g/mol. The lowest BCUT2D eigenvalue weighted by Crippen LogP contribution is -2.25. The van der Waals surface area contributed by atoms with Crippen LogP contribution in [0.2, 0.25) is 0 Å². The predicted octanol–water partition coefficient (Wildman–Crippen LogP) is 4.07. The minimum Gasteiger partial charge on any atom is -0.384 e. The van der Waals surface area contributed by atoms with Crippen LogP contribution in [-0.4, -0.2) is 13.1 Å². The first kappa shape index (κ1) is 18.7. The molecule has 0 aromatic rings. The molecule has 0 aromatic carbocycles. The number of nitrogens with two attached hydrogens (primary N) is 1. The molecule has 23 heavy (non-hydrogen) atoms. The first-order chi connectivity index (χ1) is 11.0. The van der Waals surface area contributed by atoms with Crippen molar-refractivity contribution in [3.63, 3.8) is 0 Å². The van der Waals surface area contributed by atoms with Gasteiger partial charge in [0, 0.05) is 18.8 Å². The Balaban J connectivity index is 2.78. The third kappa shape index (κ3) is 4.58. The van der Waals surface area contributed by atoms with Crippen molar-refractivity contribution in [1.29, 1.82) is 0 Å². The molecule has 0 bridgehead atoms. The molecule has 0 aliphatic heterocycles. The molecule has 0 amide bonds. The molecule has 0 atom stereocenters. The van der Waals surface area contributed by atoms with E-state index in [1.807, 2.05) is 6.92 Å². The summed E-state index contributed by atoms with van der Waals surface area (Å²) in [5.41, 5.74) is 11.1. The Morgan fingerprint density at radius 1 is 1.48 bits per heavy atom. The Morgan fingerprint density at radius 3 is 2.65 bits per heavy atom. The van der Waals surface area contributed by atoms with Gasteiger partial charge in [-0.1, -0.05) is 38.2 Å². The molecule has 3 heteroatoms. The van der Waals surface area contributed by atoms with Crippen LogP contribution in [0.15, 0.2) is 70.8 Å². The van der Waals surface area contributed by atoms with Crippen LogP contribution in [0.1, 0.15) is 26.7 Å². The van der Waals surface area contributed by atoms with Crippen molar-refractivity contribution >= 4 is 0 Å². The second kappa shape index (κ2) is 8.97.